The fourth-order valence-corrected chi connectivity index (χ4v) is 2.58. The van der Waals surface area contributed by atoms with Crippen LogP contribution in [-0.4, -0.2) is 23.6 Å². The van der Waals surface area contributed by atoms with Gasteiger partial charge in [-0.15, -0.1) is 0 Å². The molecule has 24 heavy (non-hydrogen) atoms. The first-order valence-electron chi connectivity index (χ1n) is 7.62. The topological polar surface area (TPSA) is 75.6 Å². The van der Waals surface area contributed by atoms with Crippen molar-refractivity contribution in [3.05, 3.63) is 58.1 Å². The number of hydrogen-bond acceptors (Lipinski definition) is 4. The Labute approximate surface area is 141 Å². The van der Waals surface area contributed by atoms with Crippen molar-refractivity contribution in [2.75, 3.05) is 11.9 Å². The number of amides is 1. The number of aryl methyl sites for hydroxylation is 4. The summed E-state index contributed by atoms with van der Waals surface area (Å²) in [7, 11) is 0. The molecule has 2 N–H and O–H groups in total. The highest BCUT2D eigenvalue weighted by Crippen LogP contribution is 2.22. The Kier molecular flexibility index (Phi) is 5.24. The number of benzene rings is 2. The quantitative estimate of drug-likeness (QED) is 0.844. The number of rotatable bonds is 4. The molecule has 0 saturated carbocycles. The first-order valence-corrected chi connectivity index (χ1v) is 7.62. The van der Waals surface area contributed by atoms with Crippen LogP contribution in [0, 0.1) is 27.7 Å². The van der Waals surface area contributed by atoms with Crippen molar-refractivity contribution in [2.24, 2.45) is 0 Å². The van der Waals surface area contributed by atoms with Gasteiger partial charge in [-0.2, -0.15) is 0 Å². The van der Waals surface area contributed by atoms with Gasteiger partial charge < -0.3 is 15.2 Å². The molecule has 0 radical (unpaired) electrons. The van der Waals surface area contributed by atoms with Gasteiger partial charge in [-0.05, 0) is 56.5 Å². The van der Waals surface area contributed by atoms with Gasteiger partial charge in [-0.1, -0.05) is 23.8 Å². The number of carbonyl (C=O) groups excluding carboxylic acids is 2. The SMILES string of the molecule is Cc1cc(C)c(NC(=O)COC(=O)c2ccc(C)cc2O)c(C)c1. The van der Waals surface area contributed by atoms with E-state index in [1.165, 1.54) is 12.1 Å². The molecule has 0 aromatic heterocycles. The summed E-state index contributed by atoms with van der Waals surface area (Å²) in [6.45, 7) is 7.19. The minimum absolute atomic E-state index is 0.0381. The summed E-state index contributed by atoms with van der Waals surface area (Å²) in [5.74, 6) is -1.32. The maximum atomic E-state index is 12.0. The fourth-order valence-electron chi connectivity index (χ4n) is 2.58. The van der Waals surface area contributed by atoms with Crippen LogP contribution in [0.5, 0.6) is 5.75 Å². The average molecular weight is 327 g/mol. The Morgan fingerprint density at radius 2 is 1.62 bits per heavy atom. The third kappa shape index (κ3) is 4.13. The van der Waals surface area contributed by atoms with E-state index in [9.17, 15) is 14.7 Å². The summed E-state index contributed by atoms with van der Waals surface area (Å²) in [5, 5.41) is 12.5. The first-order chi connectivity index (χ1) is 11.3. The predicted octanol–water partition coefficient (Wildman–Crippen LogP) is 3.42. The van der Waals surface area contributed by atoms with E-state index in [1.807, 2.05) is 32.9 Å². The molecule has 0 aliphatic carbocycles. The van der Waals surface area contributed by atoms with Gasteiger partial charge >= 0.3 is 5.97 Å². The van der Waals surface area contributed by atoms with E-state index in [0.717, 1.165) is 27.9 Å². The second-order valence-corrected chi connectivity index (χ2v) is 5.92. The lowest BCUT2D eigenvalue weighted by Gasteiger charge is -2.13. The second kappa shape index (κ2) is 7.17. The van der Waals surface area contributed by atoms with E-state index in [-0.39, 0.29) is 11.3 Å². The second-order valence-electron chi connectivity index (χ2n) is 5.92. The average Bonchev–Trinajstić information content (AvgIpc) is 2.48. The van der Waals surface area contributed by atoms with Crippen molar-refractivity contribution in [1.82, 2.24) is 0 Å². The minimum atomic E-state index is -0.736. The Morgan fingerprint density at radius 1 is 1.00 bits per heavy atom. The number of phenols is 1. The number of phenolic OH excluding ortho intramolecular Hbond substituents is 1. The van der Waals surface area contributed by atoms with Crippen LogP contribution in [-0.2, 0) is 9.53 Å². The summed E-state index contributed by atoms with van der Waals surface area (Å²) >= 11 is 0. The maximum absolute atomic E-state index is 12.0. The van der Waals surface area contributed by atoms with Crippen LogP contribution >= 0.6 is 0 Å². The van der Waals surface area contributed by atoms with Crippen LogP contribution in [0.15, 0.2) is 30.3 Å². The van der Waals surface area contributed by atoms with Crippen molar-refractivity contribution in [3.8, 4) is 5.75 Å². The van der Waals surface area contributed by atoms with E-state index in [0.29, 0.717) is 0 Å². The summed E-state index contributed by atoms with van der Waals surface area (Å²) < 4.78 is 4.98. The lowest BCUT2D eigenvalue weighted by atomic mass is 10.1. The zero-order valence-electron chi connectivity index (χ0n) is 14.3. The van der Waals surface area contributed by atoms with Gasteiger partial charge in [0.2, 0.25) is 0 Å². The molecular weight excluding hydrogens is 306 g/mol. The van der Waals surface area contributed by atoms with Crippen LogP contribution in [0.25, 0.3) is 0 Å². The van der Waals surface area contributed by atoms with Gasteiger partial charge in [-0.25, -0.2) is 4.79 Å². The molecule has 126 valence electrons. The molecular formula is C19H21NO4. The van der Waals surface area contributed by atoms with Crippen molar-refractivity contribution >= 4 is 17.6 Å². The zero-order chi connectivity index (χ0) is 17.9. The number of nitrogens with one attached hydrogen (secondary N) is 1. The van der Waals surface area contributed by atoms with Crippen molar-refractivity contribution < 1.29 is 19.4 Å². The molecule has 2 aromatic carbocycles. The third-order valence-electron chi connectivity index (χ3n) is 3.65. The summed E-state index contributed by atoms with van der Waals surface area (Å²) in [6.07, 6.45) is 0. The van der Waals surface area contributed by atoms with Crippen molar-refractivity contribution in [3.63, 3.8) is 0 Å². The van der Waals surface area contributed by atoms with Crippen LogP contribution in [0.3, 0.4) is 0 Å². The third-order valence-corrected chi connectivity index (χ3v) is 3.65. The Balaban J connectivity index is 2.00. The molecule has 0 atom stereocenters. The van der Waals surface area contributed by atoms with Crippen LogP contribution < -0.4 is 5.32 Å². The Hall–Kier alpha value is -2.82. The fraction of sp³-hybridized carbons (Fsp3) is 0.263. The van der Waals surface area contributed by atoms with Gasteiger partial charge in [0.05, 0.1) is 0 Å². The molecule has 2 aromatic rings. The van der Waals surface area contributed by atoms with Gasteiger partial charge in [0.15, 0.2) is 6.61 Å². The van der Waals surface area contributed by atoms with Crippen LogP contribution in [0.1, 0.15) is 32.6 Å². The molecule has 0 aliphatic rings. The standard InChI is InChI=1S/C19H21NO4/c1-11-5-6-15(16(21)9-11)19(23)24-10-17(22)20-18-13(3)7-12(2)8-14(18)4/h5-9,21H,10H2,1-4H3,(H,20,22). The summed E-state index contributed by atoms with van der Waals surface area (Å²) in [5.41, 5.74) is 4.60. The normalized spacial score (nSPS) is 10.3. The number of carbonyl (C=O) groups is 2. The number of aromatic hydroxyl groups is 1. The highest BCUT2D eigenvalue weighted by molar-refractivity contribution is 5.97. The number of anilines is 1. The maximum Gasteiger partial charge on any atom is 0.342 e. The van der Waals surface area contributed by atoms with E-state index < -0.39 is 18.5 Å². The zero-order valence-corrected chi connectivity index (χ0v) is 14.3. The van der Waals surface area contributed by atoms with E-state index in [4.69, 9.17) is 4.74 Å². The van der Waals surface area contributed by atoms with Crippen molar-refractivity contribution in [2.45, 2.75) is 27.7 Å². The number of esters is 1. The molecule has 0 saturated heterocycles. The van der Waals surface area contributed by atoms with Gasteiger partial charge in [-0.3, -0.25) is 4.79 Å². The van der Waals surface area contributed by atoms with Crippen LogP contribution in [0.2, 0.25) is 0 Å². The molecule has 0 heterocycles. The predicted molar refractivity (Wildman–Crippen MR) is 92.4 cm³/mol. The van der Waals surface area contributed by atoms with E-state index in [1.54, 1.807) is 13.0 Å². The largest absolute Gasteiger partial charge is 0.507 e. The molecule has 0 fully saturated rings. The Bertz CT molecular complexity index is 773. The van der Waals surface area contributed by atoms with Gasteiger partial charge in [0.1, 0.15) is 11.3 Å². The number of ether oxygens (including phenoxy) is 1. The highest BCUT2D eigenvalue weighted by Gasteiger charge is 2.15. The molecule has 0 unspecified atom stereocenters. The highest BCUT2D eigenvalue weighted by atomic mass is 16.5. The van der Waals surface area contributed by atoms with Crippen LogP contribution in [0.4, 0.5) is 5.69 Å². The summed E-state index contributed by atoms with van der Waals surface area (Å²) in [4.78, 5) is 24.0. The first kappa shape index (κ1) is 17.5. The molecule has 5 nitrogen and oxygen atoms in total. The molecule has 0 spiro atoms. The lowest BCUT2D eigenvalue weighted by molar-refractivity contribution is -0.119. The minimum Gasteiger partial charge on any atom is -0.507 e. The summed E-state index contributed by atoms with van der Waals surface area (Å²) in [6, 6.07) is 8.57. The monoisotopic (exact) mass is 327 g/mol. The molecule has 0 bridgehead atoms. The molecule has 2 rings (SSSR count). The molecule has 5 heteroatoms. The Morgan fingerprint density at radius 3 is 2.21 bits per heavy atom. The van der Waals surface area contributed by atoms with Gasteiger partial charge in [0.25, 0.3) is 5.91 Å². The van der Waals surface area contributed by atoms with Crippen molar-refractivity contribution in [1.29, 1.82) is 0 Å². The molecule has 0 aliphatic heterocycles. The van der Waals surface area contributed by atoms with E-state index >= 15 is 0 Å². The number of hydrogen-bond donors (Lipinski definition) is 2. The van der Waals surface area contributed by atoms with Gasteiger partial charge in [0, 0.05) is 5.69 Å². The molecule has 1 amide bonds. The van der Waals surface area contributed by atoms with E-state index in [2.05, 4.69) is 5.32 Å². The lowest BCUT2D eigenvalue weighted by Crippen LogP contribution is -2.22. The smallest absolute Gasteiger partial charge is 0.342 e.